The molecule has 3 heterocycles. The monoisotopic (exact) mass is 673 g/mol. The second kappa shape index (κ2) is 11.0. The lowest BCUT2D eigenvalue weighted by atomic mass is 9.99. The van der Waals surface area contributed by atoms with Gasteiger partial charge < -0.3 is 9.13 Å². The van der Waals surface area contributed by atoms with E-state index in [1.165, 1.54) is 0 Å². The van der Waals surface area contributed by atoms with Gasteiger partial charge in [-0.3, -0.25) is 0 Å². The Morgan fingerprint density at radius 3 is 1.82 bits per heavy atom. The highest BCUT2D eigenvalue weighted by Gasteiger charge is 2.17. The van der Waals surface area contributed by atoms with Crippen molar-refractivity contribution in [1.29, 1.82) is 0 Å². The fourth-order valence-electron chi connectivity index (χ4n) is 7.61. The number of para-hydroxylation sites is 2. The van der Waals surface area contributed by atoms with Crippen LogP contribution in [0.25, 0.3) is 97.4 Å². The Morgan fingerprint density at radius 1 is 0.373 bits per heavy atom. The number of hydrogen-bond donors (Lipinski definition) is 0. The average molecular weight is 674 g/mol. The average Bonchev–Trinajstić information content (AvgIpc) is 3.92. The maximum Gasteiger partial charge on any atom is 0.0645 e. The molecule has 3 aromatic heterocycles. The van der Waals surface area contributed by atoms with Crippen LogP contribution in [-0.4, -0.2) is 9.13 Å². The molecule has 3 heteroatoms. The molecular formula is C48H30N2S. The Kier molecular flexibility index (Phi) is 4.84. The van der Waals surface area contributed by atoms with E-state index in [0.29, 0.717) is 11.3 Å². The summed E-state index contributed by atoms with van der Waals surface area (Å²) < 4.78 is 70.8. The smallest absolute Gasteiger partial charge is 0.0645 e. The van der Waals surface area contributed by atoms with Crippen LogP contribution < -0.4 is 0 Å². The van der Waals surface area contributed by atoms with Gasteiger partial charge >= 0.3 is 0 Å². The zero-order chi connectivity index (χ0) is 39.6. The van der Waals surface area contributed by atoms with Crippen molar-refractivity contribution in [3.05, 3.63) is 182 Å². The third-order valence-corrected chi connectivity index (χ3v) is 11.1. The highest BCUT2D eigenvalue weighted by atomic mass is 32.1. The molecule has 0 saturated heterocycles. The highest BCUT2D eigenvalue weighted by Crippen LogP contribution is 2.41. The van der Waals surface area contributed by atoms with Crippen LogP contribution in [0.15, 0.2) is 182 Å². The lowest BCUT2D eigenvalue weighted by Crippen LogP contribution is -1.93. The molecule has 0 aliphatic heterocycles. The molecule has 0 N–H and O–H groups in total. The highest BCUT2D eigenvalue weighted by molar-refractivity contribution is 7.25. The summed E-state index contributed by atoms with van der Waals surface area (Å²) in [6, 6.07) is 44.9. The number of rotatable bonds is 4. The van der Waals surface area contributed by atoms with Crippen molar-refractivity contribution in [1.82, 2.24) is 9.13 Å². The standard InChI is InChI=1S/C48H30N2S/c1-3-11-31(12-4-1)32-19-23-45-40(27-32)41-29-34(21-25-46(41)49(45)35-13-5-2-6-14-35)33-20-24-44-39(28-33)37-15-7-9-17-43(37)50(44)36-22-26-48-42(30-36)38-16-8-10-18-47(38)51-48/h1-30H/i7D,9D,15D,17D,20D,24D,28D. The normalized spacial score (nSPS) is 13.8. The second-order valence-electron chi connectivity index (χ2n) is 12.8. The Labute approximate surface area is 308 Å². The van der Waals surface area contributed by atoms with Crippen LogP contribution in [0.3, 0.4) is 0 Å². The Balaban J connectivity index is 1.22. The van der Waals surface area contributed by atoms with Crippen LogP contribution in [-0.2, 0) is 0 Å². The van der Waals surface area contributed by atoms with Crippen molar-refractivity contribution in [3.63, 3.8) is 0 Å². The minimum absolute atomic E-state index is 0.0667. The van der Waals surface area contributed by atoms with Gasteiger partial charge in [-0.25, -0.2) is 0 Å². The van der Waals surface area contributed by atoms with E-state index in [-0.39, 0.29) is 57.6 Å². The topological polar surface area (TPSA) is 9.86 Å². The van der Waals surface area contributed by atoms with E-state index in [1.807, 2.05) is 84.9 Å². The van der Waals surface area contributed by atoms with Gasteiger partial charge in [0.05, 0.1) is 31.7 Å². The molecule has 0 saturated carbocycles. The Bertz CT molecular complexity index is 3530. The first-order chi connectivity index (χ1) is 28.2. The van der Waals surface area contributed by atoms with Crippen LogP contribution in [0.1, 0.15) is 9.60 Å². The van der Waals surface area contributed by atoms with E-state index < -0.39 is 12.1 Å². The SMILES string of the molecule is [2H]c1c([2H])c([2H])c2c(c1[2H])c1c([2H])c(-c3ccc4c(c3)c3cc(-c5ccccc5)ccc3n4-c3ccccc3)c([2H])c([2H])c1n2-c1ccc2sc3ccccc3c2c1. The van der Waals surface area contributed by atoms with Gasteiger partial charge in [0.2, 0.25) is 0 Å². The number of thiophene rings is 1. The van der Waals surface area contributed by atoms with Gasteiger partial charge in [0, 0.05) is 53.1 Å². The Hall–Kier alpha value is -6.42. The molecule has 0 unspecified atom stereocenters. The largest absolute Gasteiger partial charge is 0.309 e. The summed E-state index contributed by atoms with van der Waals surface area (Å²) in [6.45, 7) is 0. The zero-order valence-electron chi connectivity index (χ0n) is 34.1. The fourth-order valence-corrected chi connectivity index (χ4v) is 8.70. The Morgan fingerprint density at radius 2 is 1.02 bits per heavy atom. The predicted octanol–water partition coefficient (Wildman–Crippen LogP) is 13.6. The van der Waals surface area contributed by atoms with Gasteiger partial charge in [-0.05, 0) is 101 Å². The second-order valence-corrected chi connectivity index (χ2v) is 13.9. The molecule has 0 aliphatic carbocycles. The molecule has 0 amide bonds. The first-order valence-corrected chi connectivity index (χ1v) is 17.7. The van der Waals surface area contributed by atoms with Crippen LogP contribution in [0.5, 0.6) is 0 Å². The fraction of sp³-hybridized carbons (Fsp3) is 0. The summed E-state index contributed by atoms with van der Waals surface area (Å²) >= 11 is 1.66. The molecule has 0 radical (unpaired) electrons. The van der Waals surface area contributed by atoms with Crippen molar-refractivity contribution in [2.24, 2.45) is 0 Å². The lowest BCUT2D eigenvalue weighted by molar-refractivity contribution is 1.18. The van der Waals surface area contributed by atoms with Crippen LogP contribution in [0.4, 0.5) is 0 Å². The number of fused-ring (bicyclic) bond motifs is 9. The minimum Gasteiger partial charge on any atom is -0.309 e. The summed E-state index contributed by atoms with van der Waals surface area (Å²) in [6.07, 6.45) is 0. The van der Waals surface area contributed by atoms with Crippen LogP contribution in [0.2, 0.25) is 0 Å². The van der Waals surface area contributed by atoms with Crippen LogP contribution >= 0.6 is 11.3 Å². The van der Waals surface area contributed by atoms with E-state index in [9.17, 15) is 5.48 Å². The molecule has 0 atom stereocenters. The van der Waals surface area contributed by atoms with Gasteiger partial charge in [0.1, 0.15) is 0 Å². The molecule has 0 fully saturated rings. The molecule has 0 spiro atoms. The summed E-state index contributed by atoms with van der Waals surface area (Å²) in [5.74, 6) is 0. The van der Waals surface area contributed by atoms with Crippen molar-refractivity contribution in [2.45, 2.75) is 0 Å². The van der Waals surface area contributed by atoms with Gasteiger partial charge in [0.15, 0.2) is 0 Å². The summed E-state index contributed by atoms with van der Waals surface area (Å²) in [5, 5.41) is 4.32. The molecule has 11 rings (SSSR count). The molecule has 0 aliphatic rings. The quantitative estimate of drug-likeness (QED) is 0.176. The minimum atomic E-state index is -0.414. The van der Waals surface area contributed by atoms with E-state index in [0.717, 1.165) is 58.8 Å². The maximum atomic E-state index is 9.86. The molecule has 11 aromatic rings. The summed E-state index contributed by atoms with van der Waals surface area (Å²) in [4.78, 5) is 0. The van der Waals surface area contributed by atoms with Crippen molar-refractivity contribution in [2.75, 3.05) is 0 Å². The molecule has 8 aromatic carbocycles. The first kappa shape index (κ1) is 22.3. The molecule has 238 valence electrons. The number of aromatic nitrogens is 2. The molecular weight excluding hydrogens is 637 g/mol. The third-order valence-electron chi connectivity index (χ3n) is 9.95. The van der Waals surface area contributed by atoms with Crippen LogP contribution in [0, 0.1) is 0 Å². The van der Waals surface area contributed by atoms with E-state index >= 15 is 0 Å². The summed E-state index contributed by atoms with van der Waals surface area (Å²) in [7, 11) is 0. The van der Waals surface area contributed by atoms with Gasteiger partial charge in [0.25, 0.3) is 0 Å². The zero-order valence-corrected chi connectivity index (χ0v) is 27.9. The predicted molar refractivity (Wildman–Crippen MR) is 219 cm³/mol. The lowest BCUT2D eigenvalue weighted by Gasteiger charge is -2.10. The maximum absolute atomic E-state index is 9.86. The van der Waals surface area contributed by atoms with Crippen molar-refractivity contribution < 1.29 is 9.60 Å². The van der Waals surface area contributed by atoms with Crippen molar-refractivity contribution in [3.8, 4) is 33.6 Å². The van der Waals surface area contributed by atoms with E-state index in [4.69, 9.17) is 4.11 Å². The number of nitrogens with zero attached hydrogens (tertiary/aromatic N) is 2. The van der Waals surface area contributed by atoms with Gasteiger partial charge in [-0.2, -0.15) is 0 Å². The summed E-state index contributed by atoms with van der Waals surface area (Å²) in [5.41, 5.74) is 6.85. The molecule has 2 nitrogen and oxygen atoms in total. The van der Waals surface area contributed by atoms with Gasteiger partial charge in [-0.15, -0.1) is 11.3 Å². The van der Waals surface area contributed by atoms with Gasteiger partial charge in [-0.1, -0.05) is 103 Å². The molecule has 0 bridgehead atoms. The van der Waals surface area contributed by atoms with E-state index in [2.05, 4.69) is 59.2 Å². The number of hydrogen-bond acceptors (Lipinski definition) is 1. The van der Waals surface area contributed by atoms with Crippen molar-refractivity contribution >= 4 is 75.1 Å². The third kappa shape index (κ3) is 4.35. The number of benzene rings is 8. The molecule has 51 heavy (non-hydrogen) atoms. The first-order valence-electron chi connectivity index (χ1n) is 20.4. The van der Waals surface area contributed by atoms with E-state index in [1.54, 1.807) is 15.9 Å².